The number of rotatable bonds is 5. The van der Waals surface area contributed by atoms with Crippen molar-refractivity contribution in [3.05, 3.63) is 71.8 Å². The molecule has 0 unspecified atom stereocenters. The average molecular weight is 378 g/mol. The van der Waals surface area contributed by atoms with Crippen molar-refractivity contribution in [1.82, 2.24) is 0 Å². The highest BCUT2D eigenvalue weighted by Crippen LogP contribution is 2.60. The summed E-state index contributed by atoms with van der Waals surface area (Å²) in [5, 5.41) is 9.98. The second-order valence-electron chi connectivity index (χ2n) is 8.07. The molecule has 2 aromatic carbocycles. The van der Waals surface area contributed by atoms with Crippen molar-refractivity contribution in [3.63, 3.8) is 0 Å². The van der Waals surface area contributed by atoms with Gasteiger partial charge in [0.2, 0.25) is 0 Å². The van der Waals surface area contributed by atoms with E-state index in [0.717, 1.165) is 17.5 Å². The van der Waals surface area contributed by atoms with Crippen molar-refractivity contribution >= 4 is 11.8 Å². The maximum absolute atomic E-state index is 13.6. The zero-order chi connectivity index (χ0) is 19.7. The van der Waals surface area contributed by atoms with Gasteiger partial charge in [0.1, 0.15) is 5.78 Å². The van der Waals surface area contributed by atoms with Gasteiger partial charge in [-0.2, -0.15) is 0 Å². The Morgan fingerprint density at radius 2 is 1.57 bits per heavy atom. The molecule has 1 N–H and O–H groups in total. The topological polar surface area (TPSA) is 63.6 Å². The Hall–Kier alpha value is -2.46. The molecule has 4 nitrogen and oxygen atoms in total. The third-order valence-corrected chi connectivity index (χ3v) is 6.56. The van der Waals surface area contributed by atoms with Gasteiger partial charge in [-0.25, -0.2) is 0 Å². The van der Waals surface area contributed by atoms with Gasteiger partial charge in [-0.1, -0.05) is 60.7 Å². The molecule has 2 saturated carbocycles. The Bertz CT molecular complexity index is 832. The van der Waals surface area contributed by atoms with Gasteiger partial charge < -0.3 is 9.84 Å². The van der Waals surface area contributed by atoms with Gasteiger partial charge in [0.15, 0.2) is 0 Å². The normalized spacial score (nSPS) is 31.6. The minimum atomic E-state index is -0.302. The highest BCUT2D eigenvalue weighted by Gasteiger charge is 2.59. The molecule has 4 rings (SSSR count). The first-order chi connectivity index (χ1) is 13.6. The molecule has 146 valence electrons. The minimum Gasteiger partial charge on any atom is -0.466 e. The lowest BCUT2D eigenvalue weighted by Crippen LogP contribution is -2.23. The number of carbonyl (C=O) groups is 2. The number of fused-ring (bicyclic) bond motifs is 1. The highest BCUT2D eigenvalue weighted by atomic mass is 16.5. The smallest absolute Gasteiger partial charge is 0.302 e. The number of ether oxygens (including phenoxy) is 1. The SMILES string of the molecule is CC(=O)OC[C@@H]1C[C@H](CO)[C@H]2C(=O)[C@@H](c3ccccc3)[C@H](c3ccccc3)[C@@H]12. The molecule has 0 heterocycles. The van der Waals surface area contributed by atoms with Crippen LogP contribution >= 0.6 is 0 Å². The Morgan fingerprint density at radius 3 is 2.14 bits per heavy atom. The van der Waals surface area contributed by atoms with Crippen LogP contribution in [0.2, 0.25) is 0 Å². The molecule has 2 aliphatic rings. The molecule has 0 aliphatic heterocycles. The third kappa shape index (κ3) is 3.26. The summed E-state index contributed by atoms with van der Waals surface area (Å²) >= 11 is 0. The van der Waals surface area contributed by atoms with E-state index in [2.05, 4.69) is 12.1 Å². The number of carbonyl (C=O) groups excluding carboxylic acids is 2. The van der Waals surface area contributed by atoms with Crippen molar-refractivity contribution in [2.45, 2.75) is 25.2 Å². The van der Waals surface area contributed by atoms with Crippen LogP contribution < -0.4 is 0 Å². The monoisotopic (exact) mass is 378 g/mol. The molecule has 0 saturated heterocycles. The highest BCUT2D eigenvalue weighted by molar-refractivity contribution is 5.92. The Labute approximate surface area is 165 Å². The summed E-state index contributed by atoms with van der Waals surface area (Å²) in [7, 11) is 0. The molecule has 0 spiro atoms. The van der Waals surface area contributed by atoms with E-state index < -0.39 is 0 Å². The number of benzene rings is 2. The van der Waals surface area contributed by atoms with E-state index in [1.54, 1.807) is 0 Å². The summed E-state index contributed by atoms with van der Waals surface area (Å²) in [5.41, 5.74) is 2.17. The second-order valence-corrected chi connectivity index (χ2v) is 8.07. The predicted molar refractivity (Wildman–Crippen MR) is 106 cm³/mol. The fraction of sp³-hybridized carbons (Fsp3) is 0.417. The van der Waals surface area contributed by atoms with Gasteiger partial charge >= 0.3 is 5.97 Å². The van der Waals surface area contributed by atoms with Crippen molar-refractivity contribution < 1.29 is 19.4 Å². The van der Waals surface area contributed by atoms with E-state index in [9.17, 15) is 14.7 Å². The van der Waals surface area contributed by atoms with Crippen molar-refractivity contribution in [2.75, 3.05) is 13.2 Å². The maximum Gasteiger partial charge on any atom is 0.302 e. The fourth-order valence-corrected chi connectivity index (χ4v) is 5.56. The summed E-state index contributed by atoms with van der Waals surface area (Å²) in [6.45, 7) is 1.72. The van der Waals surface area contributed by atoms with Crippen molar-refractivity contribution in [3.8, 4) is 0 Å². The van der Waals surface area contributed by atoms with E-state index >= 15 is 0 Å². The standard InChI is InChI=1S/C24H26O4/c1-15(26)28-14-19-12-18(13-25)23-21(19)20(16-8-4-2-5-9-16)22(24(23)27)17-10-6-3-7-11-17/h2-11,18-23,25H,12-14H2,1H3/t18-,19+,20-,21-,22+,23-/m1/s1. The number of ketones is 1. The Morgan fingerprint density at radius 1 is 0.964 bits per heavy atom. The van der Waals surface area contributed by atoms with Crippen molar-refractivity contribution in [2.24, 2.45) is 23.7 Å². The summed E-state index contributed by atoms with van der Waals surface area (Å²) in [6.07, 6.45) is 0.718. The minimum absolute atomic E-state index is 0.00744. The van der Waals surface area contributed by atoms with Gasteiger partial charge in [-0.3, -0.25) is 9.59 Å². The van der Waals surface area contributed by atoms with Crippen LogP contribution in [0.1, 0.15) is 36.3 Å². The lowest BCUT2D eigenvalue weighted by Gasteiger charge is -2.28. The largest absolute Gasteiger partial charge is 0.466 e. The maximum atomic E-state index is 13.6. The number of hydrogen-bond acceptors (Lipinski definition) is 4. The first kappa shape index (κ1) is 18.9. The van der Waals surface area contributed by atoms with Crippen LogP contribution in [-0.2, 0) is 14.3 Å². The van der Waals surface area contributed by atoms with Gasteiger partial charge in [0.05, 0.1) is 12.5 Å². The van der Waals surface area contributed by atoms with Gasteiger partial charge in [-0.15, -0.1) is 0 Å². The third-order valence-electron chi connectivity index (χ3n) is 6.56. The van der Waals surface area contributed by atoms with Crippen LogP contribution in [0.4, 0.5) is 0 Å². The summed E-state index contributed by atoms with van der Waals surface area (Å²) < 4.78 is 5.36. The Kier molecular flexibility index (Phi) is 5.31. The number of esters is 1. The van der Waals surface area contributed by atoms with Crippen LogP contribution in [0.5, 0.6) is 0 Å². The van der Waals surface area contributed by atoms with Crippen LogP contribution in [-0.4, -0.2) is 30.1 Å². The van der Waals surface area contributed by atoms with E-state index in [4.69, 9.17) is 4.74 Å². The van der Waals surface area contributed by atoms with Crippen LogP contribution in [0.25, 0.3) is 0 Å². The lowest BCUT2D eigenvalue weighted by molar-refractivity contribution is -0.142. The molecule has 2 fully saturated rings. The number of hydrogen-bond donors (Lipinski definition) is 1. The lowest BCUT2D eigenvalue weighted by atomic mass is 9.76. The van der Waals surface area contributed by atoms with Crippen molar-refractivity contribution in [1.29, 1.82) is 0 Å². The first-order valence-electron chi connectivity index (χ1n) is 9.99. The molecule has 0 amide bonds. The molecule has 0 bridgehead atoms. The first-order valence-corrected chi connectivity index (χ1v) is 9.99. The molecule has 4 heteroatoms. The molecule has 28 heavy (non-hydrogen) atoms. The number of aliphatic hydroxyl groups is 1. The molecular weight excluding hydrogens is 352 g/mol. The van der Waals surface area contributed by atoms with Crippen LogP contribution in [0.15, 0.2) is 60.7 Å². The van der Waals surface area contributed by atoms with E-state index in [1.165, 1.54) is 6.92 Å². The van der Waals surface area contributed by atoms with Crippen LogP contribution in [0.3, 0.4) is 0 Å². The number of Topliss-reactive ketones (excluding diaryl/α,β-unsaturated/α-hetero) is 1. The average Bonchev–Trinajstić information content (AvgIpc) is 3.23. The molecule has 0 aromatic heterocycles. The molecular formula is C24H26O4. The summed E-state index contributed by atoms with van der Waals surface area (Å²) in [5.74, 6) is -0.408. The molecule has 2 aliphatic carbocycles. The summed E-state index contributed by atoms with van der Waals surface area (Å²) in [6, 6.07) is 20.1. The van der Waals surface area contributed by atoms with E-state index in [-0.39, 0.29) is 53.9 Å². The van der Waals surface area contributed by atoms with Gasteiger partial charge in [0.25, 0.3) is 0 Å². The van der Waals surface area contributed by atoms with Gasteiger partial charge in [0, 0.05) is 25.4 Å². The molecule has 2 aromatic rings. The molecule has 6 atom stereocenters. The quantitative estimate of drug-likeness (QED) is 0.808. The van der Waals surface area contributed by atoms with Gasteiger partial charge in [-0.05, 0) is 35.3 Å². The summed E-state index contributed by atoms with van der Waals surface area (Å²) in [4.78, 5) is 25.0. The van der Waals surface area contributed by atoms with Crippen LogP contribution in [0, 0.1) is 23.7 Å². The zero-order valence-corrected chi connectivity index (χ0v) is 16.0. The fourth-order valence-electron chi connectivity index (χ4n) is 5.56. The number of aliphatic hydroxyl groups excluding tert-OH is 1. The predicted octanol–water partition coefficient (Wildman–Crippen LogP) is 3.56. The second kappa shape index (κ2) is 7.88. The van der Waals surface area contributed by atoms with E-state index in [0.29, 0.717) is 6.61 Å². The Balaban J connectivity index is 1.78. The van der Waals surface area contributed by atoms with E-state index in [1.807, 2.05) is 48.5 Å². The molecule has 0 radical (unpaired) electrons. The zero-order valence-electron chi connectivity index (χ0n) is 16.0.